The smallest absolute Gasteiger partial charge is 0.000240 e. The van der Waals surface area contributed by atoms with Crippen molar-refractivity contribution in [1.29, 1.82) is 0 Å². The van der Waals surface area contributed by atoms with Crippen LogP contribution >= 0.6 is 280 Å². The molecule has 0 aromatic heterocycles. The molecule has 0 amide bonds. The molecule has 2 radical (unpaired) electrons. The SMILES string of the molecule is [PH]PP(P)P(P(P([PH])P)P(P)P)P(P(P(P)P)P(P)P)P(P(P(P)P)P(P)P)P(P(P)P)P(P)P. The summed E-state index contributed by atoms with van der Waals surface area (Å²) < 4.78 is 0. The van der Waals surface area contributed by atoms with Crippen LogP contribution in [-0.4, -0.2) is 0 Å². The first-order valence-electron chi connectivity index (χ1n) is 7.83. The minimum atomic E-state index is -0.195. The molecule has 35 heteroatoms. The lowest BCUT2D eigenvalue weighted by Gasteiger charge is -2.54. The van der Waals surface area contributed by atoms with Crippen molar-refractivity contribution in [3.05, 3.63) is 0 Å². The minimum Gasteiger partial charge on any atom is -0.102 e. The molecule has 0 rings (SSSR count). The van der Waals surface area contributed by atoms with Crippen molar-refractivity contribution >= 4 is 280 Å². The highest BCUT2D eigenvalue weighted by Crippen LogP contribution is 3.40. The highest BCUT2D eigenvalue weighted by Gasteiger charge is 2.53. The first-order chi connectivity index (χ1) is 15.9. The number of hydrogen-bond acceptors (Lipinski definition) is 0. The average Bonchev–Trinajstić information content (AvgIpc) is 2.66. The summed E-state index contributed by atoms with van der Waals surface area (Å²) >= 11 is 0. The fourth-order valence-electron chi connectivity index (χ4n) is 1.92. The number of hydrogen-bond donors (Lipinski definition) is 0. The molecule has 0 aromatic rings. The Morgan fingerprint density at radius 1 is 0.343 bits per heavy atom. The van der Waals surface area contributed by atoms with Crippen LogP contribution in [0.3, 0.4) is 0 Å². The molecule has 0 heterocycles. The molecule has 0 aliphatic carbocycles. The molecule has 0 aliphatic heterocycles. The summed E-state index contributed by atoms with van der Waals surface area (Å²) in [5, 5.41) is 0. The molecular formula is H35P35. The van der Waals surface area contributed by atoms with E-state index < -0.39 is 0 Å². The lowest BCUT2D eigenvalue weighted by Crippen LogP contribution is -1.66. The van der Waals surface area contributed by atoms with Crippen LogP contribution in [0.25, 0.3) is 0 Å². The van der Waals surface area contributed by atoms with Crippen LogP contribution in [0.1, 0.15) is 0 Å². The predicted molar refractivity (Wildman–Crippen MR) is 291 cm³/mol. The molecule has 0 fully saturated rings. The third kappa shape index (κ3) is 18.3. The normalized spacial score (nSPS) is 16.9. The van der Waals surface area contributed by atoms with Gasteiger partial charge in [0.1, 0.15) is 0 Å². The predicted octanol–water partition coefficient (Wildman–Crippen LogP) is 20.8. The van der Waals surface area contributed by atoms with Crippen molar-refractivity contribution in [2.24, 2.45) is 0 Å². The molecule has 0 saturated heterocycles. The molecule has 0 aliphatic rings. The molecule has 22 unspecified atom stereocenters. The summed E-state index contributed by atoms with van der Waals surface area (Å²) in [6.07, 6.45) is 0. The largest absolute Gasteiger partial charge is 0.102 e. The van der Waals surface area contributed by atoms with Gasteiger partial charge in [-0.3, -0.25) is 0 Å². The van der Waals surface area contributed by atoms with Crippen LogP contribution < -0.4 is 0 Å². The zero-order valence-corrected chi connectivity index (χ0v) is 53.7. The molecule has 0 aromatic carbocycles. The fourth-order valence-corrected chi connectivity index (χ4v) is 467. The van der Waals surface area contributed by atoms with Gasteiger partial charge in [-0.1, -0.05) is 25.8 Å². The van der Waals surface area contributed by atoms with E-state index in [9.17, 15) is 0 Å². The number of rotatable bonds is 16. The van der Waals surface area contributed by atoms with E-state index in [2.05, 4.69) is 161 Å². The lowest BCUT2D eigenvalue weighted by atomic mass is 28.5. The zero-order chi connectivity index (χ0) is 27.9. The van der Waals surface area contributed by atoms with Gasteiger partial charge in [-0.2, -0.15) is 0 Å². The highest BCUT2D eigenvalue weighted by atomic mass is 33.5. The van der Waals surface area contributed by atoms with Gasteiger partial charge in [-0.05, 0) is 112 Å². The molecule has 0 spiro atoms. The highest BCUT2D eigenvalue weighted by molar-refractivity contribution is 9.46. The second kappa shape index (κ2) is 27.6. The van der Waals surface area contributed by atoms with Crippen molar-refractivity contribution in [2.45, 2.75) is 0 Å². The van der Waals surface area contributed by atoms with Gasteiger partial charge in [-0.25, -0.2) is 0 Å². The van der Waals surface area contributed by atoms with Crippen LogP contribution in [0.2, 0.25) is 0 Å². The first-order valence-corrected chi connectivity index (χ1v) is 70.5. The monoisotopic (exact) mass is 1120 g/mol. The standard InChI is InChI=1S/H35P35/c1-19-28(18)33(29(20(2)3)21(4)5)35(32(26(14)15)27(16)17)34(30(22(6)7)23(8)9)31(24(10)11)25(12)13/h1-2,19H,3-18H2. The van der Waals surface area contributed by atoms with E-state index >= 15 is 0 Å². The van der Waals surface area contributed by atoms with E-state index in [0.29, 0.717) is 0 Å². The molecule has 0 bridgehead atoms. The minimum absolute atomic E-state index is 0.0174. The summed E-state index contributed by atoms with van der Waals surface area (Å²) in [4.78, 5) is 0. The van der Waals surface area contributed by atoms with E-state index in [0.717, 1.165) is 7.96 Å². The van der Waals surface area contributed by atoms with E-state index in [1.807, 2.05) is 0 Å². The second-order valence-electron chi connectivity index (χ2n) is 5.34. The van der Waals surface area contributed by atoms with E-state index in [1.54, 1.807) is 0 Å². The van der Waals surface area contributed by atoms with E-state index in [1.165, 1.54) is 0 Å². The van der Waals surface area contributed by atoms with Gasteiger partial charge < -0.3 is 0 Å². The van der Waals surface area contributed by atoms with Crippen LogP contribution in [-0.2, 0) is 0 Å². The van der Waals surface area contributed by atoms with Crippen LogP contribution in [0.5, 0.6) is 0 Å². The van der Waals surface area contributed by atoms with Crippen LogP contribution in [0.4, 0.5) is 0 Å². The Morgan fingerprint density at radius 3 is 0.743 bits per heavy atom. The van der Waals surface area contributed by atoms with Crippen molar-refractivity contribution in [1.82, 2.24) is 0 Å². The molecule has 0 N–H and O–H groups in total. The molecule has 0 saturated carbocycles. The quantitative estimate of drug-likeness (QED) is 0.135. The Morgan fingerprint density at radius 2 is 0.571 bits per heavy atom. The third-order valence-corrected chi connectivity index (χ3v) is 235. The van der Waals surface area contributed by atoms with Crippen LogP contribution in [0, 0.1) is 0 Å². The molecular weight excluding hydrogens is 1080 g/mol. The van der Waals surface area contributed by atoms with Crippen molar-refractivity contribution < 1.29 is 0 Å². The summed E-state index contributed by atoms with van der Waals surface area (Å²) in [6, 6.07) is 0. The van der Waals surface area contributed by atoms with Crippen molar-refractivity contribution in [2.75, 3.05) is 0 Å². The second-order valence-corrected chi connectivity index (χ2v) is 144. The maximum atomic E-state index is 4.29. The van der Waals surface area contributed by atoms with Crippen LogP contribution in [0.15, 0.2) is 0 Å². The van der Waals surface area contributed by atoms with Gasteiger partial charge in [0.25, 0.3) is 0 Å². The summed E-state index contributed by atoms with van der Waals surface area (Å²) in [5.41, 5.74) is 0. The Balaban J connectivity index is 7.70. The summed E-state index contributed by atoms with van der Waals surface area (Å²) in [7, 11) is 62.7. The Kier molecular flexibility index (Phi) is 39.5. The maximum absolute atomic E-state index is 4.29. The summed E-state index contributed by atoms with van der Waals surface area (Å²) in [6.45, 7) is -1.19. The first kappa shape index (κ1) is 50.1. The fraction of sp³-hybridized carbons (Fsp3) is 0. The van der Waals surface area contributed by atoms with Gasteiger partial charge in [0.15, 0.2) is 0 Å². The Bertz CT molecular complexity index is 482. The molecule has 22 atom stereocenters. The molecule has 0 nitrogen and oxygen atoms in total. The molecule has 35 heavy (non-hydrogen) atoms. The van der Waals surface area contributed by atoms with Gasteiger partial charge in [-0.15, -0.1) is 143 Å². The third-order valence-electron chi connectivity index (χ3n) is 2.91. The zero-order valence-electron chi connectivity index (χ0n) is 17.9. The van der Waals surface area contributed by atoms with Crippen molar-refractivity contribution in [3.8, 4) is 0 Å². The van der Waals surface area contributed by atoms with E-state index in [4.69, 9.17) is 0 Å². The summed E-state index contributed by atoms with van der Waals surface area (Å²) in [5.74, 6) is 0. The Hall–Kier alpha value is 15.0. The maximum Gasteiger partial charge on any atom is -0.000240 e. The van der Waals surface area contributed by atoms with E-state index in [-0.39, 0.29) is 112 Å². The topological polar surface area (TPSA) is 0 Å². The molecule has 210 valence electrons. The average molecular weight is 1120 g/mol. The van der Waals surface area contributed by atoms with Gasteiger partial charge in [0, 0.05) is 0 Å². The van der Waals surface area contributed by atoms with Gasteiger partial charge in [0.2, 0.25) is 0 Å². The van der Waals surface area contributed by atoms with Gasteiger partial charge in [0.05, 0.1) is 0 Å². The Labute approximate surface area is 277 Å². The van der Waals surface area contributed by atoms with Gasteiger partial charge >= 0.3 is 0 Å². The van der Waals surface area contributed by atoms with Crippen molar-refractivity contribution in [3.63, 3.8) is 0 Å². The lowest BCUT2D eigenvalue weighted by molar-refractivity contribution is 4.40.